The SMILES string of the molecule is Cc1cc(C)c(C2C(C#N)=C(N)N(c3ccccc3F)C3=C2C(=O)CC(C)(C)C3)cc1CSc1ccc(Cl)cc1. The summed E-state index contributed by atoms with van der Waals surface area (Å²) in [5.74, 6) is -0.236. The summed E-state index contributed by atoms with van der Waals surface area (Å²) in [7, 11) is 0. The number of benzene rings is 3. The Morgan fingerprint density at radius 1 is 1.10 bits per heavy atom. The Kier molecular flexibility index (Phi) is 7.56. The number of aryl methyl sites for hydroxylation is 2. The van der Waals surface area contributed by atoms with Crippen LogP contribution in [0.1, 0.15) is 54.9 Å². The van der Waals surface area contributed by atoms with Gasteiger partial charge < -0.3 is 5.73 Å². The van der Waals surface area contributed by atoms with Gasteiger partial charge in [-0.05, 0) is 84.3 Å². The van der Waals surface area contributed by atoms with Crippen molar-refractivity contribution in [1.82, 2.24) is 0 Å². The fourth-order valence-corrected chi connectivity index (χ4v) is 6.89. The van der Waals surface area contributed by atoms with Crippen LogP contribution in [0.4, 0.5) is 10.1 Å². The summed E-state index contributed by atoms with van der Waals surface area (Å²) in [6.07, 6.45) is 0.874. The largest absolute Gasteiger partial charge is 0.384 e. The van der Waals surface area contributed by atoms with Crippen LogP contribution in [0.5, 0.6) is 0 Å². The van der Waals surface area contributed by atoms with E-state index in [1.165, 1.54) is 6.07 Å². The number of para-hydroxylation sites is 1. The lowest BCUT2D eigenvalue weighted by Gasteiger charge is -2.44. The highest BCUT2D eigenvalue weighted by atomic mass is 35.5. The first-order valence-corrected chi connectivity index (χ1v) is 14.6. The zero-order chi connectivity index (χ0) is 28.8. The van der Waals surface area contributed by atoms with Gasteiger partial charge in [0.2, 0.25) is 0 Å². The van der Waals surface area contributed by atoms with Gasteiger partial charge in [-0.3, -0.25) is 9.69 Å². The molecule has 0 saturated carbocycles. The van der Waals surface area contributed by atoms with Crippen LogP contribution < -0.4 is 10.6 Å². The number of carbonyl (C=O) groups is 1. The monoisotopic (exact) mass is 571 g/mol. The van der Waals surface area contributed by atoms with Crippen molar-refractivity contribution in [3.63, 3.8) is 0 Å². The van der Waals surface area contributed by atoms with E-state index in [1.54, 1.807) is 34.9 Å². The molecular formula is C33H31ClFN3OS. The Hall–Kier alpha value is -3.53. The lowest BCUT2D eigenvalue weighted by atomic mass is 9.68. The number of hydrogen-bond acceptors (Lipinski definition) is 5. The van der Waals surface area contributed by atoms with Gasteiger partial charge in [-0.2, -0.15) is 5.26 Å². The third kappa shape index (κ3) is 5.16. The van der Waals surface area contributed by atoms with Crippen molar-refractivity contribution in [1.29, 1.82) is 5.26 Å². The Morgan fingerprint density at radius 2 is 1.80 bits per heavy atom. The van der Waals surface area contributed by atoms with E-state index in [2.05, 4.69) is 25.1 Å². The number of rotatable bonds is 5. The molecule has 1 aliphatic heterocycles. The number of nitrogens with two attached hydrogens (primary N) is 1. The number of nitriles is 1. The first-order valence-electron chi connectivity index (χ1n) is 13.2. The number of anilines is 1. The van der Waals surface area contributed by atoms with E-state index < -0.39 is 11.7 Å². The zero-order valence-electron chi connectivity index (χ0n) is 23.0. The molecule has 0 amide bonds. The minimum absolute atomic E-state index is 0.0325. The summed E-state index contributed by atoms with van der Waals surface area (Å²) in [5, 5.41) is 11.1. The molecule has 0 fully saturated rings. The molecule has 1 atom stereocenters. The van der Waals surface area contributed by atoms with E-state index in [4.69, 9.17) is 17.3 Å². The van der Waals surface area contributed by atoms with Crippen LogP contribution in [0.2, 0.25) is 5.02 Å². The average molecular weight is 572 g/mol. The van der Waals surface area contributed by atoms with Crippen LogP contribution in [0.25, 0.3) is 0 Å². The van der Waals surface area contributed by atoms with Crippen LogP contribution >= 0.6 is 23.4 Å². The van der Waals surface area contributed by atoms with Crippen LogP contribution in [0, 0.1) is 36.4 Å². The van der Waals surface area contributed by atoms with Crippen molar-refractivity contribution in [3.05, 3.63) is 116 Å². The van der Waals surface area contributed by atoms with Gasteiger partial charge in [0.25, 0.3) is 0 Å². The zero-order valence-corrected chi connectivity index (χ0v) is 24.6. The first-order chi connectivity index (χ1) is 19.0. The fraction of sp³-hybridized carbons (Fsp3) is 0.273. The molecule has 4 nitrogen and oxygen atoms in total. The number of allylic oxidation sites excluding steroid dienone is 3. The Morgan fingerprint density at radius 3 is 2.48 bits per heavy atom. The number of thioether (sulfide) groups is 1. The smallest absolute Gasteiger partial charge is 0.162 e. The molecular weight excluding hydrogens is 541 g/mol. The standard InChI is InChI=1S/C33H31ClFN3OS/c1-19-13-20(2)24(14-21(19)18-40-23-11-9-22(34)10-12-23)30-25(17-36)32(37)38(27-8-6-5-7-26(27)35)28-15-33(3,4)16-29(39)31(28)30/h5-14,30H,15-16,18,37H2,1-4H3. The second-order valence-electron chi connectivity index (χ2n) is 11.3. The molecule has 1 heterocycles. The van der Waals surface area contributed by atoms with Crippen molar-refractivity contribution in [3.8, 4) is 6.07 Å². The van der Waals surface area contributed by atoms with Gasteiger partial charge in [-0.25, -0.2) is 4.39 Å². The Labute approximate surface area is 244 Å². The van der Waals surface area contributed by atoms with Crippen LogP contribution in [0.15, 0.2) is 88.2 Å². The van der Waals surface area contributed by atoms with Gasteiger partial charge >= 0.3 is 0 Å². The summed E-state index contributed by atoms with van der Waals surface area (Å²) < 4.78 is 15.1. The number of Topliss-reactive ketones (excluding diaryl/α,β-unsaturated/α-hetero) is 1. The van der Waals surface area contributed by atoms with Crippen molar-refractivity contribution in [2.45, 2.75) is 57.1 Å². The summed E-state index contributed by atoms with van der Waals surface area (Å²) in [5.41, 5.74) is 12.2. The minimum Gasteiger partial charge on any atom is -0.384 e. The molecule has 0 saturated heterocycles. The molecule has 1 aliphatic carbocycles. The van der Waals surface area contributed by atoms with Gasteiger partial charge in [0.05, 0.1) is 23.2 Å². The van der Waals surface area contributed by atoms with E-state index in [9.17, 15) is 10.1 Å². The summed E-state index contributed by atoms with van der Waals surface area (Å²) >= 11 is 7.75. The van der Waals surface area contributed by atoms with E-state index in [1.807, 2.05) is 45.0 Å². The lowest BCUT2D eigenvalue weighted by Crippen LogP contribution is -2.42. The number of hydrogen-bond donors (Lipinski definition) is 1. The molecule has 0 spiro atoms. The number of halogens is 2. The van der Waals surface area contributed by atoms with Gasteiger partial charge in [0.15, 0.2) is 5.78 Å². The maximum absolute atomic E-state index is 15.1. The molecule has 3 aromatic carbocycles. The van der Waals surface area contributed by atoms with Gasteiger partial charge in [0.1, 0.15) is 11.6 Å². The highest BCUT2D eigenvalue weighted by Gasteiger charge is 2.45. The second-order valence-corrected chi connectivity index (χ2v) is 12.8. The average Bonchev–Trinajstić information content (AvgIpc) is 2.89. The minimum atomic E-state index is -0.619. The molecule has 1 unspecified atom stereocenters. The van der Waals surface area contributed by atoms with E-state index in [0.717, 1.165) is 27.1 Å². The maximum Gasteiger partial charge on any atom is 0.162 e. The number of nitrogens with zero attached hydrogens (tertiary/aromatic N) is 2. The highest BCUT2D eigenvalue weighted by Crippen LogP contribution is 2.51. The summed E-state index contributed by atoms with van der Waals surface area (Å²) in [6.45, 7) is 8.15. The van der Waals surface area contributed by atoms with Gasteiger partial charge in [0, 0.05) is 33.4 Å². The molecule has 2 N–H and O–H groups in total. The van der Waals surface area contributed by atoms with Crippen molar-refractivity contribution < 1.29 is 9.18 Å². The molecule has 0 aromatic heterocycles. The van der Waals surface area contributed by atoms with E-state index in [-0.39, 0.29) is 28.3 Å². The van der Waals surface area contributed by atoms with Crippen LogP contribution in [0.3, 0.4) is 0 Å². The fourth-order valence-electron chi connectivity index (χ4n) is 5.80. The normalized spacial score (nSPS) is 18.6. The highest BCUT2D eigenvalue weighted by molar-refractivity contribution is 7.98. The summed E-state index contributed by atoms with van der Waals surface area (Å²) in [6, 6.07) is 20.6. The Balaban J connectivity index is 1.67. The molecule has 0 bridgehead atoms. The molecule has 3 aromatic rings. The number of ketones is 1. The third-order valence-electron chi connectivity index (χ3n) is 7.72. The lowest BCUT2D eigenvalue weighted by molar-refractivity contribution is -0.118. The van der Waals surface area contributed by atoms with Crippen LogP contribution in [-0.2, 0) is 10.5 Å². The summed E-state index contributed by atoms with van der Waals surface area (Å²) in [4.78, 5) is 16.6. The molecule has 2 aliphatic rings. The second kappa shape index (κ2) is 10.8. The third-order valence-corrected chi connectivity index (χ3v) is 9.03. The van der Waals surface area contributed by atoms with Crippen molar-refractivity contribution in [2.75, 3.05) is 4.90 Å². The van der Waals surface area contributed by atoms with E-state index in [0.29, 0.717) is 34.9 Å². The molecule has 204 valence electrons. The van der Waals surface area contributed by atoms with Gasteiger partial charge in [-0.15, -0.1) is 11.8 Å². The van der Waals surface area contributed by atoms with Crippen LogP contribution in [-0.4, -0.2) is 5.78 Å². The molecule has 5 rings (SSSR count). The predicted molar refractivity (Wildman–Crippen MR) is 160 cm³/mol. The number of carbonyl (C=O) groups excluding carboxylic acids is 1. The first kappa shape index (κ1) is 28.0. The van der Waals surface area contributed by atoms with Gasteiger partial charge in [-0.1, -0.05) is 49.7 Å². The predicted octanol–water partition coefficient (Wildman–Crippen LogP) is 8.33. The quantitative estimate of drug-likeness (QED) is 0.312. The molecule has 7 heteroatoms. The van der Waals surface area contributed by atoms with Crippen molar-refractivity contribution >= 4 is 34.8 Å². The van der Waals surface area contributed by atoms with Crippen molar-refractivity contribution in [2.24, 2.45) is 11.1 Å². The molecule has 40 heavy (non-hydrogen) atoms. The molecule has 0 radical (unpaired) electrons. The van der Waals surface area contributed by atoms with E-state index >= 15 is 4.39 Å². The maximum atomic E-state index is 15.1. The Bertz CT molecular complexity index is 1620. The topological polar surface area (TPSA) is 70.1 Å².